The van der Waals surface area contributed by atoms with E-state index in [9.17, 15) is 9.59 Å². The van der Waals surface area contributed by atoms with Crippen LogP contribution in [0.5, 0.6) is 0 Å². The van der Waals surface area contributed by atoms with Crippen molar-refractivity contribution in [1.29, 1.82) is 0 Å². The fourth-order valence-corrected chi connectivity index (χ4v) is 4.04. The molecule has 0 spiro atoms. The van der Waals surface area contributed by atoms with Gasteiger partial charge in [0.2, 0.25) is 0 Å². The molecule has 0 aliphatic carbocycles. The van der Waals surface area contributed by atoms with Crippen LogP contribution in [-0.4, -0.2) is 16.7 Å². The Labute approximate surface area is 194 Å². The smallest absolute Gasteiger partial charge is 0.310 e. The molecule has 1 atom stereocenters. The second-order valence-corrected chi connectivity index (χ2v) is 8.23. The van der Waals surface area contributed by atoms with Gasteiger partial charge in [-0.1, -0.05) is 79.7 Å². The van der Waals surface area contributed by atoms with E-state index in [1.54, 1.807) is 6.20 Å². The molecule has 4 heteroatoms. The molecule has 0 N–H and O–H groups in total. The highest BCUT2D eigenvalue weighted by atomic mass is 16.5. The third kappa shape index (κ3) is 5.92. The van der Waals surface area contributed by atoms with Gasteiger partial charge in [-0.2, -0.15) is 0 Å². The number of ether oxygens (including phenoxy) is 1. The van der Waals surface area contributed by atoms with E-state index in [2.05, 4.69) is 11.1 Å². The maximum absolute atomic E-state index is 13.1. The van der Waals surface area contributed by atoms with Crippen molar-refractivity contribution in [3.63, 3.8) is 0 Å². The number of fused-ring (bicyclic) bond motifs is 1. The number of nitrogens with zero attached hydrogens (tertiary/aromatic N) is 1. The lowest BCUT2D eigenvalue weighted by Gasteiger charge is -2.15. The zero-order valence-corrected chi connectivity index (χ0v) is 18.7. The number of carbonyl (C=O) groups excluding carboxylic acids is 2. The fraction of sp³-hybridized carbons (Fsp3) is 0.207. The molecule has 0 fully saturated rings. The molecule has 0 aliphatic rings. The molecular formula is C29H27NO3. The molecule has 4 rings (SSSR count). The number of benzene rings is 3. The second-order valence-electron chi connectivity index (χ2n) is 8.23. The van der Waals surface area contributed by atoms with Crippen LogP contribution in [0, 0.1) is 0 Å². The average molecular weight is 438 g/mol. The molecule has 3 aromatic carbocycles. The Hall–Kier alpha value is -3.79. The monoisotopic (exact) mass is 437 g/mol. The van der Waals surface area contributed by atoms with Crippen molar-refractivity contribution in [3.8, 4) is 0 Å². The summed E-state index contributed by atoms with van der Waals surface area (Å²) in [6, 6.07) is 25.4. The van der Waals surface area contributed by atoms with Crippen molar-refractivity contribution < 1.29 is 14.3 Å². The zero-order valence-electron chi connectivity index (χ0n) is 18.7. The van der Waals surface area contributed by atoms with E-state index in [4.69, 9.17) is 4.74 Å². The highest BCUT2D eigenvalue weighted by Crippen LogP contribution is 2.24. The third-order valence-electron chi connectivity index (χ3n) is 5.85. The van der Waals surface area contributed by atoms with E-state index in [1.165, 1.54) is 0 Å². The van der Waals surface area contributed by atoms with Gasteiger partial charge in [-0.05, 0) is 40.1 Å². The van der Waals surface area contributed by atoms with Crippen LogP contribution in [0.1, 0.15) is 41.5 Å². The maximum Gasteiger partial charge on any atom is 0.310 e. The summed E-state index contributed by atoms with van der Waals surface area (Å²) in [4.78, 5) is 29.3. The van der Waals surface area contributed by atoms with E-state index in [-0.39, 0.29) is 30.7 Å². The van der Waals surface area contributed by atoms with Crippen molar-refractivity contribution >= 4 is 22.5 Å². The summed E-state index contributed by atoms with van der Waals surface area (Å²) in [7, 11) is 0. The Morgan fingerprint density at radius 3 is 2.33 bits per heavy atom. The minimum atomic E-state index is -0.252. The molecule has 166 valence electrons. The fourth-order valence-electron chi connectivity index (χ4n) is 4.04. The van der Waals surface area contributed by atoms with Crippen molar-refractivity contribution in [3.05, 3.63) is 114 Å². The number of carbonyl (C=O) groups is 2. The topological polar surface area (TPSA) is 56.3 Å². The van der Waals surface area contributed by atoms with Crippen molar-refractivity contribution in [2.75, 3.05) is 0 Å². The number of esters is 1. The van der Waals surface area contributed by atoms with Crippen LogP contribution >= 0.6 is 0 Å². The quantitative estimate of drug-likeness (QED) is 0.309. The molecule has 0 radical (unpaired) electrons. The summed E-state index contributed by atoms with van der Waals surface area (Å²) < 4.78 is 5.41. The molecule has 1 aromatic heterocycles. The molecule has 33 heavy (non-hydrogen) atoms. The van der Waals surface area contributed by atoms with Crippen LogP contribution < -0.4 is 0 Å². The van der Waals surface area contributed by atoms with Crippen LogP contribution in [-0.2, 0) is 33.8 Å². The molecule has 0 amide bonds. The van der Waals surface area contributed by atoms with Crippen LogP contribution in [0.25, 0.3) is 10.8 Å². The molecule has 4 aromatic rings. The van der Waals surface area contributed by atoms with Crippen molar-refractivity contribution in [2.24, 2.45) is 0 Å². The first-order chi connectivity index (χ1) is 16.1. The van der Waals surface area contributed by atoms with E-state index >= 15 is 0 Å². The number of Topliss-reactive ketones (excluding diaryl/α,β-unsaturated/α-hetero) is 1. The molecular weight excluding hydrogens is 410 g/mol. The van der Waals surface area contributed by atoms with Gasteiger partial charge in [-0.25, -0.2) is 0 Å². The van der Waals surface area contributed by atoms with Gasteiger partial charge >= 0.3 is 5.97 Å². The van der Waals surface area contributed by atoms with Gasteiger partial charge in [0.1, 0.15) is 12.4 Å². The first-order valence-electron chi connectivity index (χ1n) is 11.3. The highest BCUT2D eigenvalue weighted by molar-refractivity contribution is 5.89. The van der Waals surface area contributed by atoms with E-state index in [0.29, 0.717) is 6.42 Å². The molecule has 0 bridgehead atoms. The van der Waals surface area contributed by atoms with Gasteiger partial charge in [-0.15, -0.1) is 0 Å². The number of hydrogen-bond donors (Lipinski definition) is 0. The zero-order chi connectivity index (χ0) is 23.0. The standard InChI is InChI=1S/C29H27NO3/c1-2-27(28(31)17-23-10-13-26-19-30-15-14-25(26)16-23)24-11-8-22(9-12-24)20-33-29(32)18-21-6-4-3-5-7-21/h3-16,19,27H,2,17-18,20H2,1H3. The lowest BCUT2D eigenvalue weighted by molar-refractivity contribution is -0.144. The third-order valence-corrected chi connectivity index (χ3v) is 5.85. The number of ketones is 1. The Balaban J connectivity index is 1.35. The summed E-state index contributed by atoms with van der Waals surface area (Å²) in [5.41, 5.74) is 3.85. The molecule has 0 saturated carbocycles. The predicted molar refractivity (Wildman–Crippen MR) is 130 cm³/mol. The summed E-state index contributed by atoms with van der Waals surface area (Å²) in [6.45, 7) is 2.26. The summed E-state index contributed by atoms with van der Waals surface area (Å²) in [5, 5.41) is 2.16. The number of pyridine rings is 1. The van der Waals surface area contributed by atoms with E-state index < -0.39 is 0 Å². The summed E-state index contributed by atoms with van der Waals surface area (Å²) in [5.74, 6) is -0.209. The van der Waals surface area contributed by atoms with Gasteiger partial charge in [0, 0.05) is 30.1 Å². The maximum atomic E-state index is 13.1. The van der Waals surface area contributed by atoms with Crippen LogP contribution in [0.4, 0.5) is 0 Å². The van der Waals surface area contributed by atoms with Gasteiger partial charge in [0.25, 0.3) is 0 Å². The Morgan fingerprint density at radius 2 is 1.58 bits per heavy atom. The molecule has 1 heterocycles. The van der Waals surface area contributed by atoms with Crippen LogP contribution in [0.3, 0.4) is 0 Å². The lowest BCUT2D eigenvalue weighted by atomic mass is 9.88. The first kappa shape index (κ1) is 22.4. The minimum absolute atomic E-state index is 0.159. The largest absolute Gasteiger partial charge is 0.461 e. The summed E-state index contributed by atoms with van der Waals surface area (Å²) >= 11 is 0. The molecule has 0 saturated heterocycles. The van der Waals surface area contributed by atoms with Crippen molar-refractivity contribution in [2.45, 2.75) is 38.7 Å². The van der Waals surface area contributed by atoms with Crippen molar-refractivity contribution in [1.82, 2.24) is 4.98 Å². The van der Waals surface area contributed by atoms with Gasteiger partial charge in [0.15, 0.2) is 0 Å². The van der Waals surface area contributed by atoms with E-state index in [1.807, 2.05) is 85.9 Å². The average Bonchev–Trinajstić information content (AvgIpc) is 2.84. The Morgan fingerprint density at radius 1 is 0.818 bits per heavy atom. The minimum Gasteiger partial charge on any atom is -0.461 e. The predicted octanol–water partition coefficient (Wildman–Crippen LogP) is 5.83. The van der Waals surface area contributed by atoms with Gasteiger partial charge < -0.3 is 4.74 Å². The Kier molecular flexibility index (Phi) is 7.26. The highest BCUT2D eigenvalue weighted by Gasteiger charge is 2.19. The van der Waals surface area contributed by atoms with E-state index in [0.717, 1.165) is 39.4 Å². The lowest BCUT2D eigenvalue weighted by Crippen LogP contribution is -2.14. The number of hydrogen-bond acceptors (Lipinski definition) is 4. The molecule has 4 nitrogen and oxygen atoms in total. The van der Waals surface area contributed by atoms with Gasteiger partial charge in [0.05, 0.1) is 6.42 Å². The summed E-state index contributed by atoms with van der Waals surface area (Å²) in [6.07, 6.45) is 4.99. The second kappa shape index (κ2) is 10.7. The van der Waals surface area contributed by atoms with Gasteiger partial charge in [-0.3, -0.25) is 14.6 Å². The number of aromatic nitrogens is 1. The number of rotatable bonds is 9. The SMILES string of the molecule is CCC(C(=O)Cc1ccc2cnccc2c1)c1ccc(COC(=O)Cc2ccccc2)cc1. The first-order valence-corrected chi connectivity index (χ1v) is 11.3. The molecule has 1 unspecified atom stereocenters. The molecule has 0 aliphatic heterocycles. The normalized spacial score (nSPS) is 11.8. The Bertz CT molecular complexity index is 1230. The van der Waals surface area contributed by atoms with Crippen LogP contribution in [0.2, 0.25) is 0 Å². The van der Waals surface area contributed by atoms with Crippen LogP contribution in [0.15, 0.2) is 91.3 Å².